The summed E-state index contributed by atoms with van der Waals surface area (Å²) in [5.41, 5.74) is 5.78. The Kier molecular flexibility index (Phi) is 4.56. The van der Waals surface area contributed by atoms with E-state index >= 15 is 0 Å². The van der Waals surface area contributed by atoms with E-state index in [9.17, 15) is 9.59 Å². The van der Waals surface area contributed by atoms with Crippen LogP contribution in [-0.2, 0) is 9.59 Å². The summed E-state index contributed by atoms with van der Waals surface area (Å²) in [6.07, 6.45) is 2.07. The molecule has 1 saturated carbocycles. The van der Waals surface area contributed by atoms with Crippen LogP contribution in [0.3, 0.4) is 0 Å². The van der Waals surface area contributed by atoms with Crippen LogP contribution in [0.5, 0.6) is 0 Å². The summed E-state index contributed by atoms with van der Waals surface area (Å²) in [5.74, 6) is -1.60. The molecule has 0 aromatic carbocycles. The highest BCUT2D eigenvalue weighted by molar-refractivity contribution is 6.22. The van der Waals surface area contributed by atoms with Crippen molar-refractivity contribution in [3.8, 4) is 0 Å². The normalized spacial score (nSPS) is 29.8. The Labute approximate surface area is 99.5 Å². The van der Waals surface area contributed by atoms with Crippen molar-refractivity contribution in [3.63, 3.8) is 0 Å². The third-order valence-corrected chi connectivity index (χ3v) is 3.39. The fourth-order valence-corrected chi connectivity index (χ4v) is 2.32. The predicted molar refractivity (Wildman–Crippen MR) is 60.2 cm³/mol. The van der Waals surface area contributed by atoms with E-state index < -0.39 is 5.97 Å². The smallest absolute Gasteiger partial charge is 0.323 e. The lowest BCUT2D eigenvalue weighted by atomic mass is 9.85. The number of nitrogens with two attached hydrogens (primary N) is 1. The molecule has 92 valence electrons. The monoisotopic (exact) mass is 248 g/mol. The van der Waals surface area contributed by atoms with E-state index in [0.717, 1.165) is 6.42 Å². The number of hydrogen-bond donors (Lipinski definition) is 2. The lowest BCUT2D eigenvalue weighted by Gasteiger charge is -2.32. The molecule has 0 aromatic heterocycles. The third-order valence-electron chi connectivity index (χ3n) is 2.87. The highest BCUT2D eigenvalue weighted by Gasteiger charge is 2.34. The average molecular weight is 249 g/mol. The Morgan fingerprint density at radius 1 is 1.50 bits per heavy atom. The van der Waals surface area contributed by atoms with Crippen molar-refractivity contribution in [2.45, 2.75) is 30.7 Å². The SMILES string of the molecule is CN(CC(=O)O)C(=O)C1CC(N)CCC1Cl. The average Bonchev–Trinajstić information content (AvgIpc) is 2.19. The number of halogens is 1. The maximum Gasteiger partial charge on any atom is 0.323 e. The van der Waals surface area contributed by atoms with Crippen molar-refractivity contribution in [3.05, 3.63) is 0 Å². The molecule has 3 unspecified atom stereocenters. The van der Waals surface area contributed by atoms with E-state index in [1.54, 1.807) is 0 Å². The molecule has 0 radical (unpaired) electrons. The molecule has 5 nitrogen and oxygen atoms in total. The third kappa shape index (κ3) is 3.35. The molecule has 16 heavy (non-hydrogen) atoms. The van der Waals surface area contributed by atoms with Gasteiger partial charge < -0.3 is 15.7 Å². The molecule has 0 aliphatic heterocycles. The number of nitrogens with zero attached hydrogens (tertiary/aromatic N) is 1. The fraction of sp³-hybridized carbons (Fsp3) is 0.800. The molecule has 3 N–H and O–H groups in total. The van der Waals surface area contributed by atoms with E-state index in [2.05, 4.69) is 0 Å². The number of carbonyl (C=O) groups is 2. The van der Waals surface area contributed by atoms with Gasteiger partial charge in [0.1, 0.15) is 6.54 Å². The van der Waals surface area contributed by atoms with Crippen LogP contribution < -0.4 is 5.73 Å². The summed E-state index contributed by atoms with van der Waals surface area (Å²) in [5, 5.41) is 8.36. The van der Waals surface area contributed by atoms with Crippen LogP contribution in [0.25, 0.3) is 0 Å². The molecule has 0 heterocycles. The van der Waals surface area contributed by atoms with Crippen molar-refractivity contribution in [2.24, 2.45) is 11.7 Å². The standard InChI is InChI=1S/C10H17ClN2O3/c1-13(5-9(14)15)10(16)7-4-6(12)2-3-8(7)11/h6-8H,2-5,12H2,1H3,(H,14,15). The first-order valence-corrected chi connectivity index (χ1v) is 5.72. The van der Waals surface area contributed by atoms with Crippen LogP contribution >= 0.6 is 11.6 Å². The second-order valence-electron chi connectivity index (χ2n) is 4.28. The molecule has 3 atom stereocenters. The molecule has 1 amide bonds. The molecule has 1 aliphatic rings. The number of amides is 1. The van der Waals surface area contributed by atoms with Crippen LogP contribution in [0.1, 0.15) is 19.3 Å². The first-order valence-electron chi connectivity index (χ1n) is 5.28. The van der Waals surface area contributed by atoms with E-state index in [0.29, 0.717) is 12.8 Å². The number of likely N-dealkylation sites (N-methyl/N-ethyl adjacent to an activating group) is 1. The van der Waals surface area contributed by atoms with Crippen molar-refractivity contribution in [2.75, 3.05) is 13.6 Å². The van der Waals surface area contributed by atoms with Gasteiger partial charge >= 0.3 is 5.97 Å². The lowest BCUT2D eigenvalue weighted by Crippen LogP contribution is -2.45. The van der Waals surface area contributed by atoms with Crippen molar-refractivity contribution >= 4 is 23.5 Å². The van der Waals surface area contributed by atoms with Crippen LogP contribution in [0.4, 0.5) is 0 Å². The molecule has 0 saturated heterocycles. The highest BCUT2D eigenvalue weighted by atomic mass is 35.5. The molecule has 0 spiro atoms. The predicted octanol–water partition coefficient (Wildman–Crippen LogP) is 0.264. The Hall–Kier alpha value is -0.810. The van der Waals surface area contributed by atoms with Gasteiger partial charge in [0, 0.05) is 18.5 Å². The van der Waals surface area contributed by atoms with Gasteiger partial charge in [-0.2, -0.15) is 0 Å². The number of carboxylic acid groups (broad SMARTS) is 1. The van der Waals surface area contributed by atoms with E-state index in [1.807, 2.05) is 0 Å². The van der Waals surface area contributed by atoms with Gasteiger partial charge in [-0.3, -0.25) is 9.59 Å². The van der Waals surface area contributed by atoms with Crippen LogP contribution in [0.15, 0.2) is 0 Å². The van der Waals surface area contributed by atoms with Gasteiger partial charge in [-0.25, -0.2) is 0 Å². The Morgan fingerprint density at radius 3 is 2.69 bits per heavy atom. The Bertz CT molecular complexity index is 285. The Balaban J connectivity index is 2.60. The van der Waals surface area contributed by atoms with Gasteiger partial charge in [0.25, 0.3) is 0 Å². The van der Waals surface area contributed by atoms with Crippen LogP contribution in [0.2, 0.25) is 0 Å². The van der Waals surface area contributed by atoms with Gasteiger partial charge in [-0.1, -0.05) is 0 Å². The zero-order chi connectivity index (χ0) is 12.3. The molecule has 0 aromatic rings. The van der Waals surface area contributed by atoms with Gasteiger partial charge in [-0.05, 0) is 19.3 Å². The van der Waals surface area contributed by atoms with Crippen molar-refractivity contribution in [1.82, 2.24) is 4.90 Å². The quantitative estimate of drug-likeness (QED) is 0.702. The topological polar surface area (TPSA) is 83.6 Å². The maximum atomic E-state index is 11.9. The molecule has 1 fully saturated rings. The number of hydrogen-bond acceptors (Lipinski definition) is 3. The summed E-state index contributed by atoms with van der Waals surface area (Å²) in [6, 6.07) is -0.0119. The summed E-state index contributed by atoms with van der Waals surface area (Å²) in [6.45, 7) is -0.297. The van der Waals surface area contributed by atoms with Gasteiger partial charge in [0.05, 0.1) is 5.92 Å². The number of rotatable bonds is 3. The van der Waals surface area contributed by atoms with Gasteiger partial charge in [0.2, 0.25) is 5.91 Å². The number of carboxylic acids is 1. The number of carbonyl (C=O) groups excluding carboxylic acids is 1. The molecular weight excluding hydrogens is 232 g/mol. The zero-order valence-electron chi connectivity index (χ0n) is 9.23. The Morgan fingerprint density at radius 2 is 2.12 bits per heavy atom. The first-order chi connectivity index (χ1) is 7.41. The minimum atomic E-state index is -1.03. The van der Waals surface area contributed by atoms with Gasteiger partial charge in [-0.15, -0.1) is 11.6 Å². The second kappa shape index (κ2) is 5.50. The van der Waals surface area contributed by atoms with Gasteiger partial charge in [0.15, 0.2) is 0 Å². The van der Waals surface area contributed by atoms with E-state index in [1.165, 1.54) is 11.9 Å². The van der Waals surface area contributed by atoms with Crippen molar-refractivity contribution in [1.29, 1.82) is 0 Å². The lowest BCUT2D eigenvalue weighted by molar-refractivity contribution is -0.145. The largest absolute Gasteiger partial charge is 0.480 e. The minimum Gasteiger partial charge on any atom is -0.480 e. The zero-order valence-corrected chi connectivity index (χ0v) is 9.98. The molecule has 0 bridgehead atoms. The molecule has 1 aliphatic carbocycles. The van der Waals surface area contributed by atoms with E-state index in [4.69, 9.17) is 22.4 Å². The van der Waals surface area contributed by atoms with Crippen molar-refractivity contribution < 1.29 is 14.7 Å². The molecule has 6 heteroatoms. The van der Waals surface area contributed by atoms with E-state index in [-0.39, 0.29) is 29.8 Å². The first kappa shape index (κ1) is 13.3. The number of aliphatic carboxylic acids is 1. The minimum absolute atomic E-state index is 0.0119. The van der Waals surface area contributed by atoms with Crippen LogP contribution in [0, 0.1) is 5.92 Å². The summed E-state index contributed by atoms with van der Waals surface area (Å²) in [7, 11) is 1.47. The fourth-order valence-electron chi connectivity index (χ4n) is 1.99. The second-order valence-corrected chi connectivity index (χ2v) is 4.84. The molecular formula is C10H17ClN2O3. The summed E-state index contributed by atoms with van der Waals surface area (Å²) < 4.78 is 0. The summed E-state index contributed by atoms with van der Waals surface area (Å²) >= 11 is 6.07. The van der Waals surface area contributed by atoms with Crippen LogP contribution in [-0.4, -0.2) is 46.9 Å². The molecule has 1 rings (SSSR count). The maximum absolute atomic E-state index is 11.9. The highest BCUT2D eigenvalue weighted by Crippen LogP contribution is 2.29. The number of alkyl halides is 1. The summed E-state index contributed by atoms with van der Waals surface area (Å²) in [4.78, 5) is 23.6.